The highest BCUT2D eigenvalue weighted by atomic mass is 16.5. The third-order valence-corrected chi connectivity index (χ3v) is 3.61. The van der Waals surface area contributed by atoms with E-state index in [1.54, 1.807) is 24.8 Å². The number of hydrogen-bond donors (Lipinski definition) is 1. The largest absolute Gasteiger partial charge is 0.490 e. The van der Waals surface area contributed by atoms with Crippen LogP contribution in [0.15, 0.2) is 49.1 Å². The SMILES string of the molecule is Cc1nc(-c2cccnc2)nc(NCCOc2cccnc2)c1C. The van der Waals surface area contributed by atoms with Gasteiger partial charge >= 0.3 is 0 Å². The predicted octanol–water partition coefficient (Wildman–Crippen LogP) is 3.04. The quantitative estimate of drug-likeness (QED) is 0.704. The van der Waals surface area contributed by atoms with Gasteiger partial charge in [-0.05, 0) is 38.1 Å². The molecule has 24 heavy (non-hydrogen) atoms. The van der Waals surface area contributed by atoms with Gasteiger partial charge in [0, 0.05) is 35.4 Å². The van der Waals surface area contributed by atoms with Crippen LogP contribution in [0.1, 0.15) is 11.3 Å². The molecule has 0 atom stereocenters. The maximum Gasteiger partial charge on any atom is 0.163 e. The lowest BCUT2D eigenvalue weighted by molar-refractivity contribution is 0.331. The Bertz CT molecular complexity index is 793. The molecule has 0 radical (unpaired) electrons. The zero-order chi connectivity index (χ0) is 16.8. The molecule has 0 fully saturated rings. The first-order valence-corrected chi connectivity index (χ1v) is 7.76. The normalized spacial score (nSPS) is 10.4. The number of rotatable bonds is 6. The van der Waals surface area contributed by atoms with Crippen molar-refractivity contribution in [2.45, 2.75) is 13.8 Å². The highest BCUT2D eigenvalue weighted by Crippen LogP contribution is 2.20. The summed E-state index contributed by atoms with van der Waals surface area (Å²) in [5.41, 5.74) is 2.87. The maximum atomic E-state index is 5.63. The molecule has 0 spiro atoms. The molecule has 0 amide bonds. The molecule has 0 aromatic carbocycles. The molecule has 0 saturated heterocycles. The van der Waals surface area contributed by atoms with Crippen LogP contribution in [0.25, 0.3) is 11.4 Å². The highest BCUT2D eigenvalue weighted by molar-refractivity contribution is 5.58. The van der Waals surface area contributed by atoms with Crippen LogP contribution >= 0.6 is 0 Å². The third-order valence-electron chi connectivity index (χ3n) is 3.61. The number of nitrogens with zero attached hydrogens (tertiary/aromatic N) is 4. The van der Waals surface area contributed by atoms with Crippen LogP contribution < -0.4 is 10.1 Å². The van der Waals surface area contributed by atoms with Gasteiger partial charge in [0.05, 0.1) is 12.7 Å². The molecule has 3 rings (SSSR count). The summed E-state index contributed by atoms with van der Waals surface area (Å²) in [6, 6.07) is 7.56. The summed E-state index contributed by atoms with van der Waals surface area (Å²) in [6.07, 6.45) is 6.91. The van der Waals surface area contributed by atoms with Gasteiger partial charge in [0.15, 0.2) is 5.82 Å². The number of pyridine rings is 2. The first-order valence-electron chi connectivity index (χ1n) is 7.76. The number of nitrogens with one attached hydrogen (secondary N) is 1. The first-order chi connectivity index (χ1) is 11.7. The van der Waals surface area contributed by atoms with E-state index in [9.17, 15) is 0 Å². The van der Waals surface area contributed by atoms with Gasteiger partial charge in [-0.2, -0.15) is 0 Å². The van der Waals surface area contributed by atoms with Crippen molar-refractivity contribution in [1.29, 1.82) is 0 Å². The zero-order valence-corrected chi connectivity index (χ0v) is 13.7. The molecule has 0 unspecified atom stereocenters. The van der Waals surface area contributed by atoms with E-state index >= 15 is 0 Å². The van der Waals surface area contributed by atoms with Gasteiger partial charge in [-0.3, -0.25) is 9.97 Å². The number of hydrogen-bond acceptors (Lipinski definition) is 6. The van der Waals surface area contributed by atoms with E-state index in [0.29, 0.717) is 19.0 Å². The van der Waals surface area contributed by atoms with Crippen molar-refractivity contribution in [3.05, 3.63) is 60.3 Å². The first kappa shape index (κ1) is 15.9. The Morgan fingerprint density at radius 2 is 1.79 bits per heavy atom. The Morgan fingerprint density at radius 3 is 2.50 bits per heavy atom. The van der Waals surface area contributed by atoms with Gasteiger partial charge in [0.2, 0.25) is 0 Å². The summed E-state index contributed by atoms with van der Waals surface area (Å²) in [4.78, 5) is 17.3. The fraction of sp³-hybridized carbons (Fsp3) is 0.222. The molecule has 122 valence electrons. The second-order valence-electron chi connectivity index (χ2n) is 5.31. The Morgan fingerprint density at radius 1 is 1.00 bits per heavy atom. The van der Waals surface area contributed by atoms with E-state index in [4.69, 9.17) is 4.74 Å². The van der Waals surface area contributed by atoms with E-state index in [1.807, 2.05) is 38.1 Å². The Kier molecular flexibility index (Phi) is 4.96. The van der Waals surface area contributed by atoms with Crippen LogP contribution in [0, 0.1) is 13.8 Å². The molecule has 3 aromatic rings. The summed E-state index contributed by atoms with van der Waals surface area (Å²) in [7, 11) is 0. The summed E-state index contributed by atoms with van der Waals surface area (Å²) in [5.74, 6) is 2.24. The molecule has 3 aromatic heterocycles. The van der Waals surface area contributed by atoms with Crippen molar-refractivity contribution in [2.24, 2.45) is 0 Å². The smallest absolute Gasteiger partial charge is 0.163 e. The molecule has 6 heteroatoms. The molecule has 3 heterocycles. The van der Waals surface area contributed by atoms with Crippen LogP contribution in [-0.2, 0) is 0 Å². The summed E-state index contributed by atoms with van der Waals surface area (Å²) < 4.78 is 5.63. The van der Waals surface area contributed by atoms with E-state index in [2.05, 4.69) is 25.3 Å². The highest BCUT2D eigenvalue weighted by Gasteiger charge is 2.09. The Labute approximate surface area is 141 Å². The monoisotopic (exact) mass is 321 g/mol. The molecule has 0 aliphatic carbocycles. The second-order valence-corrected chi connectivity index (χ2v) is 5.31. The molecule has 0 saturated carbocycles. The van der Waals surface area contributed by atoms with Crippen LogP contribution in [0.2, 0.25) is 0 Å². The summed E-state index contributed by atoms with van der Waals surface area (Å²) >= 11 is 0. The molecule has 6 nitrogen and oxygen atoms in total. The van der Waals surface area contributed by atoms with Crippen LogP contribution in [0.5, 0.6) is 5.75 Å². The van der Waals surface area contributed by atoms with Crippen molar-refractivity contribution < 1.29 is 4.74 Å². The fourth-order valence-corrected chi connectivity index (χ4v) is 2.20. The van der Waals surface area contributed by atoms with E-state index < -0.39 is 0 Å². The second kappa shape index (κ2) is 7.50. The average molecular weight is 321 g/mol. The van der Waals surface area contributed by atoms with Crippen molar-refractivity contribution in [1.82, 2.24) is 19.9 Å². The van der Waals surface area contributed by atoms with Gasteiger partial charge in [0.25, 0.3) is 0 Å². The molecule has 1 N–H and O–H groups in total. The number of ether oxygens (including phenoxy) is 1. The maximum absolute atomic E-state index is 5.63. The van der Waals surface area contributed by atoms with Crippen LogP contribution in [0.3, 0.4) is 0 Å². The van der Waals surface area contributed by atoms with E-state index in [1.165, 1.54) is 0 Å². The van der Waals surface area contributed by atoms with Crippen LogP contribution in [0.4, 0.5) is 5.82 Å². The Hall–Kier alpha value is -3.02. The number of anilines is 1. The van der Waals surface area contributed by atoms with Gasteiger partial charge in [-0.15, -0.1) is 0 Å². The Balaban J connectivity index is 1.67. The summed E-state index contributed by atoms with van der Waals surface area (Å²) in [6.45, 7) is 5.15. The third kappa shape index (κ3) is 3.84. The van der Waals surface area contributed by atoms with Crippen molar-refractivity contribution in [3.63, 3.8) is 0 Å². The minimum atomic E-state index is 0.524. The lowest BCUT2D eigenvalue weighted by atomic mass is 10.2. The van der Waals surface area contributed by atoms with E-state index in [-0.39, 0.29) is 0 Å². The summed E-state index contributed by atoms with van der Waals surface area (Å²) in [5, 5.41) is 3.32. The number of aryl methyl sites for hydroxylation is 1. The van der Waals surface area contributed by atoms with Gasteiger partial charge in [-0.1, -0.05) is 0 Å². The fourth-order valence-electron chi connectivity index (χ4n) is 2.20. The van der Waals surface area contributed by atoms with Gasteiger partial charge < -0.3 is 10.1 Å². The topological polar surface area (TPSA) is 72.8 Å². The minimum absolute atomic E-state index is 0.524. The molecular weight excluding hydrogens is 302 g/mol. The van der Waals surface area contributed by atoms with Crippen molar-refractivity contribution >= 4 is 5.82 Å². The standard InChI is InChI=1S/C18H19N5O/c1-13-14(2)22-18(15-5-3-7-19-11-15)23-17(13)21-9-10-24-16-6-4-8-20-12-16/h3-8,11-12H,9-10H2,1-2H3,(H,21,22,23). The number of aromatic nitrogens is 4. The van der Waals surface area contributed by atoms with Crippen molar-refractivity contribution in [2.75, 3.05) is 18.5 Å². The molecule has 0 aliphatic heterocycles. The minimum Gasteiger partial charge on any atom is -0.490 e. The van der Waals surface area contributed by atoms with Gasteiger partial charge in [0.1, 0.15) is 18.2 Å². The average Bonchev–Trinajstić information content (AvgIpc) is 2.63. The van der Waals surface area contributed by atoms with Crippen molar-refractivity contribution in [3.8, 4) is 17.1 Å². The lowest BCUT2D eigenvalue weighted by Crippen LogP contribution is -2.14. The lowest BCUT2D eigenvalue weighted by Gasteiger charge is -2.13. The van der Waals surface area contributed by atoms with E-state index in [0.717, 1.165) is 28.4 Å². The molecule has 0 aliphatic rings. The van der Waals surface area contributed by atoms with Crippen LogP contribution in [-0.4, -0.2) is 33.1 Å². The molecular formula is C18H19N5O. The zero-order valence-electron chi connectivity index (χ0n) is 13.7. The van der Waals surface area contributed by atoms with Gasteiger partial charge in [-0.25, -0.2) is 9.97 Å². The molecule has 0 bridgehead atoms. The predicted molar refractivity (Wildman–Crippen MR) is 93.0 cm³/mol.